The van der Waals surface area contributed by atoms with Gasteiger partial charge in [-0.15, -0.1) is 0 Å². The van der Waals surface area contributed by atoms with Gasteiger partial charge in [0.05, 0.1) is 34.5 Å². The van der Waals surface area contributed by atoms with Crippen LogP contribution in [0.15, 0.2) is 72.8 Å². The molecule has 2 fully saturated rings. The van der Waals surface area contributed by atoms with Crippen molar-refractivity contribution in [3.63, 3.8) is 0 Å². The van der Waals surface area contributed by atoms with Crippen LogP contribution in [0.1, 0.15) is 58.5 Å². The minimum atomic E-state index is -5.08. The number of carbonyl (C=O) groups excluding carboxylic acids is 3. The number of halogens is 9. The van der Waals surface area contributed by atoms with E-state index in [4.69, 9.17) is 86.1 Å². The third-order valence-electron chi connectivity index (χ3n) is 12.0. The molecule has 76 heavy (non-hydrogen) atoms. The Kier molecular flexibility index (Phi) is 23.4. The first-order valence-electron chi connectivity index (χ1n) is 23.7. The lowest BCUT2D eigenvalue weighted by molar-refractivity contribution is -0.192. The van der Waals surface area contributed by atoms with Gasteiger partial charge in [-0.1, -0.05) is 46.4 Å². The van der Waals surface area contributed by atoms with Crippen molar-refractivity contribution in [2.24, 2.45) is 17.6 Å². The fraction of sp³-hybridized carbons (Fsp3) is 0.420. The molecule has 17 nitrogen and oxygen atoms in total. The zero-order chi connectivity index (χ0) is 55.5. The normalized spacial score (nSPS) is 20.2. The second kappa shape index (κ2) is 29.4. The second-order valence-corrected chi connectivity index (χ2v) is 19.4. The van der Waals surface area contributed by atoms with Crippen molar-refractivity contribution >= 4 is 87.4 Å². The van der Waals surface area contributed by atoms with Crippen molar-refractivity contribution in [3.05, 3.63) is 105 Å². The van der Waals surface area contributed by atoms with Crippen molar-refractivity contribution < 1.29 is 82.2 Å². The summed E-state index contributed by atoms with van der Waals surface area (Å²) in [7, 11) is 0. The number of benzene rings is 4. The van der Waals surface area contributed by atoms with Gasteiger partial charge >= 0.3 is 18.1 Å². The predicted molar refractivity (Wildman–Crippen MR) is 284 cm³/mol. The zero-order valence-electron chi connectivity index (χ0n) is 40.3. The minimum absolute atomic E-state index is 0. The molecule has 2 unspecified atom stereocenters. The highest BCUT2D eigenvalue weighted by Crippen LogP contribution is 2.33. The number of ether oxygens (including phenoxy) is 4. The molecule has 4 aromatic rings. The fourth-order valence-corrected chi connectivity index (χ4v) is 8.53. The van der Waals surface area contributed by atoms with Crippen molar-refractivity contribution in [2.75, 3.05) is 50.0 Å². The SMILES string of the molecule is NCC1CCC(NC(=O)COc2ccc(Cl)c(F)c2)CC1.O=C(COc1ccc(Cl)c(F)c1)NC1CCC(CNC(=O)C2CNc3cc(Cl)ccc3O2)CC1.O=C(O)C(F)(F)F.O=C(O)C1CNc2cc(Cl)ccc2O1.[HH].[HH].[HH].[HH].[HH]. The van der Waals surface area contributed by atoms with Gasteiger partial charge < -0.3 is 61.5 Å². The standard InChI is InChI=1S/C24H26Cl2FN3O4.C15H20ClFN2O2.C9H8ClNO3.C2HF3O2.5H2/c25-15-3-8-21-20(9-15)28-12-22(34-21)24(32)29-11-14-1-4-16(5-2-14)30-23(31)13-33-17-6-7-18(26)19(27)10-17;16-13-6-5-12(7-14(13)17)21-9-15(20)19-11-3-1-10(8-18)2-4-11;10-5-1-2-7-6(3-5)11-4-8(14-7)9(12)13;3-2(4,5)1(6)7;;;;;/h3,6-10,14,16,22,28H,1-2,4-5,11-13H2,(H,29,32)(H,30,31);5-7,10-11H,1-4,8-9,18H2,(H,19,20);1-3,8,11H,4H2,(H,12,13);(H,6,7);5*1H. The summed E-state index contributed by atoms with van der Waals surface area (Å²) >= 11 is 23.0. The zero-order valence-corrected chi connectivity index (χ0v) is 43.4. The van der Waals surface area contributed by atoms with Gasteiger partial charge in [0.2, 0.25) is 6.10 Å². The molecule has 3 amide bonds. The molecule has 0 saturated heterocycles. The Morgan fingerprint density at radius 2 is 1.07 bits per heavy atom. The smallest absolute Gasteiger partial charge is 0.484 e. The Bertz CT molecular complexity index is 2660. The summed E-state index contributed by atoms with van der Waals surface area (Å²) in [5, 5.41) is 32.1. The summed E-state index contributed by atoms with van der Waals surface area (Å²) in [5.74, 6) is -2.90. The maximum absolute atomic E-state index is 13.5. The highest BCUT2D eigenvalue weighted by molar-refractivity contribution is 6.31. The third-order valence-corrected chi connectivity index (χ3v) is 13.1. The van der Waals surface area contributed by atoms with Crippen LogP contribution < -0.4 is 51.3 Å². The average Bonchev–Trinajstić information content (AvgIpc) is 3.39. The highest BCUT2D eigenvalue weighted by atomic mass is 35.5. The van der Waals surface area contributed by atoms with Crippen LogP contribution in [-0.2, 0) is 24.0 Å². The number of hydrogen-bond acceptors (Lipinski definition) is 12. The van der Waals surface area contributed by atoms with E-state index in [1.54, 1.807) is 36.4 Å². The molecule has 2 heterocycles. The van der Waals surface area contributed by atoms with Crippen LogP contribution in [0, 0.1) is 23.5 Å². The molecule has 2 aliphatic heterocycles. The number of alkyl halides is 3. The average molecular weight is 1160 g/mol. The summed E-state index contributed by atoms with van der Waals surface area (Å²) < 4.78 is 80.0. The van der Waals surface area contributed by atoms with Gasteiger partial charge in [0.25, 0.3) is 17.7 Å². The van der Waals surface area contributed by atoms with Crippen LogP contribution in [0.4, 0.5) is 33.3 Å². The Labute approximate surface area is 460 Å². The number of fused-ring (bicyclic) bond motifs is 2. The molecule has 0 bridgehead atoms. The van der Waals surface area contributed by atoms with Crippen LogP contribution in [0.25, 0.3) is 0 Å². The number of anilines is 2. The maximum Gasteiger partial charge on any atom is 0.490 e. The molecule has 0 spiro atoms. The topological polar surface area (TPSA) is 249 Å². The fourth-order valence-electron chi connectivity index (χ4n) is 7.95. The van der Waals surface area contributed by atoms with E-state index < -0.39 is 42.0 Å². The second-order valence-electron chi connectivity index (χ2n) is 17.7. The maximum atomic E-state index is 13.5. The summed E-state index contributed by atoms with van der Waals surface area (Å²) in [6, 6.07) is 18.7. The number of carboxylic acid groups (broad SMARTS) is 2. The number of aliphatic carboxylic acids is 2. The first kappa shape index (κ1) is 60.7. The van der Waals surface area contributed by atoms with Crippen LogP contribution in [-0.4, -0.2) is 110 Å². The van der Waals surface area contributed by atoms with E-state index in [1.165, 1.54) is 30.3 Å². The lowest BCUT2D eigenvalue weighted by Gasteiger charge is -2.30. The molecule has 8 rings (SSSR count). The van der Waals surface area contributed by atoms with Gasteiger partial charge in [-0.3, -0.25) is 14.4 Å². The molecule has 424 valence electrons. The summed E-state index contributed by atoms with van der Waals surface area (Å²) in [6.07, 6.45) is 0.887. The van der Waals surface area contributed by atoms with Gasteiger partial charge in [-0.25, -0.2) is 18.4 Å². The van der Waals surface area contributed by atoms with E-state index in [2.05, 4.69) is 26.6 Å². The van der Waals surface area contributed by atoms with Crippen LogP contribution >= 0.6 is 46.4 Å². The van der Waals surface area contributed by atoms with E-state index in [0.717, 1.165) is 68.8 Å². The largest absolute Gasteiger partial charge is 0.490 e. The van der Waals surface area contributed by atoms with Crippen molar-refractivity contribution in [1.29, 1.82) is 0 Å². The Morgan fingerprint density at radius 3 is 1.47 bits per heavy atom. The molecule has 4 aromatic carbocycles. The highest BCUT2D eigenvalue weighted by Gasteiger charge is 2.38. The molecule has 4 aliphatic rings. The van der Waals surface area contributed by atoms with Crippen LogP contribution in [0.3, 0.4) is 0 Å². The van der Waals surface area contributed by atoms with Gasteiger partial charge in [0.1, 0.15) is 34.6 Å². The summed E-state index contributed by atoms with van der Waals surface area (Å²) in [6.45, 7) is 1.59. The Hall–Kier alpha value is -6.20. The van der Waals surface area contributed by atoms with Crippen molar-refractivity contribution in [2.45, 2.75) is 81.8 Å². The number of hydrogen-bond donors (Lipinski definition) is 8. The Morgan fingerprint density at radius 1 is 0.645 bits per heavy atom. The monoisotopic (exact) mass is 1160 g/mol. The molecule has 9 N–H and O–H groups in total. The Balaban J connectivity index is 0.00000117. The van der Waals surface area contributed by atoms with Crippen LogP contribution in [0.2, 0.25) is 20.1 Å². The number of rotatable bonds is 13. The molecule has 26 heteroatoms. The third kappa shape index (κ3) is 20.1. The van der Waals surface area contributed by atoms with E-state index in [-0.39, 0.29) is 72.5 Å². The summed E-state index contributed by atoms with van der Waals surface area (Å²) in [5.41, 5.74) is 7.15. The molecule has 2 atom stereocenters. The van der Waals surface area contributed by atoms with Gasteiger partial charge in [-0.05, 0) is 130 Å². The number of carbonyl (C=O) groups is 5. The number of amides is 3. The molecular formula is C50H65Cl4F5N6O11. The first-order chi connectivity index (χ1) is 36.1. The van der Waals surface area contributed by atoms with Crippen LogP contribution in [0.5, 0.6) is 23.0 Å². The molecule has 2 saturated carbocycles. The lowest BCUT2D eigenvalue weighted by atomic mass is 9.86. The number of nitrogens with two attached hydrogens (primary N) is 1. The first-order valence-corrected chi connectivity index (χ1v) is 25.2. The van der Waals surface area contributed by atoms with Gasteiger partial charge in [0.15, 0.2) is 19.3 Å². The predicted octanol–water partition coefficient (Wildman–Crippen LogP) is 10.1. The van der Waals surface area contributed by atoms with E-state index in [0.29, 0.717) is 58.8 Å². The lowest BCUT2D eigenvalue weighted by Crippen LogP contribution is -2.46. The molecular weight excluding hydrogens is 1100 g/mol. The van der Waals surface area contributed by atoms with Crippen molar-refractivity contribution in [1.82, 2.24) is 16.0 Å². The van der Waals surface area contributed by atoms with Gasteiger partial charge in [0, 0.05) is 47.9 Å². The minimum Gasteiger partial charge on any atom is -0.484 e. The van der Waals surface area contributed by atoms with Crippen molar-refractivity contribution in [3.8, 4) is 23.0 Å². The molecule has 2 aliphatic carbocycles. The van der Waals surface area contributed by atoms with E-state index in [9.17, 15) is 41.1 Å². The summed E-state index contributed by atoms with van der Waals surface area (Å²) in [4.78, 5) is 56.1. The van der Waals surface area contributed by atoms with E-state index in [1.807, 2.05) is 0 Å². The quantitative estimate of drug-likeness (QED) is 0.0581. The van der Waals surface area contributed by atoms with Gasteiger partial charge in [-0.2, -0.15) is 13.2 Å². The number of carboxylic acids is 2. The van der Waals surface area contributed by atoms with E-state index >= 15 is 0 Å². The molecule has 0 aromatic heterocycles. The number of nitrogens with one attached hydrogen (secondary N) is 5. The molecule has 0 radical (unpaired) electrons.